The summed E-state index contributed by atoms with van der Waals surface area (Å²) in [5.74, 6) is -0.490. The molecular formula is C15H6Cl4F3N3O. The van der Waals surface area contributed by atoms with Gasteiger partial charge in [0, 0.05) is 5.56 Å². The molecule has 0 fully saturated rings. The van der Waals surface area contributed by atoms with Crippen molar-refractivity contribution in [2.75, 3.05) is 0 Å². The van der Waals surface area contributed by atoms with Crippen LogP contribution in [0.4, 0.5) is 13.2 Å². The molecule has 26 heavy (non-hydrogen) atoms. The van der Waals surface area contributed by atoms with Crippen LogP contribution >= 0.6 is 46.4 Å². The number of benzene rings is 2. The molecule has 0 atom stereocenters. The molecule has 136 valence electrons. The summed E-state index contributed by atoms with van der Waals surface area (Å²) >= 11 is 23.9. The molecule has 0 saturated carbocycles. The van der Waals surface area contributed by atoms with Gasteiger partial charge in [0.1, 0.15) is 0 Å². The number of nitrogens with zero attached hydrogens (tertiary/aromatic N) is 3. The van der Waals surface area contributed by atoms with E-state index in [-0.39, 0.29) is 26.8 Å². The van der Waals surface area contributed by atoms with Crippen LogP contribution in [0.25, 0.3) is 17.1 Å². The second-order valence-electron chi connectivity index (χ2n) is 4.88. The third-order valence-corrected chi connectivity index (χ3v) is 4.26. The average molecular weight is 443 g/mol. The van der Waals surface area contributed by atoms with E-state index in [4.69, 9.17) is 46.4 Å². The van der Waals surface area contributed by atoms with Crippen LogP contribution in [0.15, 0.2) is 36.4 Å². The van der Waals surface area contributed by atoms with Gasteiger partial charge in [0.2, 0.25) is 5.28 Å². The minimum atomic E-state index is -4.93. The van der Waals surface area contributed by atoms with E-state index in [0.717, 1.165) is 4.68 Å². The molecule has 1 heterocycles. The molecular weight excluding hydrogens is 437 g/mol. The fourth-order valence-electron chi connectivity index (χ4n) is 2.10. The lowest BCUT2D eigenvalue weighted by atomic mass is 10.2. The highest BCUT2D eigenvalue weighted by atomic mass is 35.5. The predicted molar refractivity (Wildman–Crippen MR) is 93.5 cm³/mol. The van der Waals surface area contributed by atoms with Gasteiger partial charge in [0.05, 0.1) is 20.8 Å². The van der Waals surface area contributed by atoms with Crippen LogP contribution in [-0.4, -0.2) is 21.1 Å². The molecule has 2 aromatic carbocycles. The number of ether oxygens (including phenoxy) is 1. The summed E-state index contributed by atoms with van der Waals surface area (Å²) < 4.78 is 42.2. The second kappa shape index (κ2) is 7.15. The van der Waals surface area contributed by atoms with Crippen molar-refractivity contribution in [3.8, 4) is 22.8 Å². The summed E-state index contributed by atoms with van der Waals surface area (Å²) in [6.07, 6.45) is -4.93. The Morgan fingerprint density at radius 3 is 2.12 bits per heavy atom. The van der Waals surface area contributed by atoms with Gasteiger partial charge in [-0.3, -0.25) is 0 Å². The largest absolute Gasteiger partial charge is 0.573 e. The Balaban J connectivity index is 2.04. The summed E-state index contributed by atoms with van der Waals surface area (Å²) in [5.41, 5.74) is 0.731. The van der Waals surface area contributed by atoms with Gasteiger partial charge in [0.15, 0.2) is 11.6 Å². The Morgan fingerprint density at radius 2 is 1.54 bits per heavy atom. The third kappa shape index (κ3) is 4.01. The van der Waals surface area contributed by atoms with Crippen molar-refractivity contribution >= 4 is 46.4 Å². The van der Waals surface area contributed by atoms with Crippen LogP contribution in [0.1, 0.15) is 0 Å². The maximum absolute atomic E-state index is 12.4. The Labute approximate surface area is 165 Å². The summed E-state index contributed by atoms with van der Waals surface area (Å²) in [4.78, 5) is 4.09. The fourth-order valence-corrected chi connectivity index (χ4v) is 3.08. The van der Waals surface area contributed by atoms with E-state index < -0.39 is 12.1 Å². The maximum atomic E-state index is 12.4. The molecule has 11 heteroatoms. The first kappa shape index (κ1) is 19.1. The molecule has 0 unspecified atom stereocenters. The smallest absolute Gasteiger partial charge is 0.403 e. The number of rotatable bonds is 3. The van der Waals surface area contributed by atoms with Crippen molar-refractivity contribution in [3.63, 3.8) is 0 Å². The Kier molecular flexibility index (Phi) is 5.25. The lowest BCUT2D eigenvalue weighted by molar-refractivity contribution is -0.274. The monoisotopic (exact) mass is 441 g/mol. The van der Waals surface area contributed by atoms with E-state index in [1.54, 1.807) is 24.3 Å². The van der Waals surface area contributed by atoms with Gasteiger partial charge in [0.25, 0.3) is 0 Å². The zero-order chi connectivity index (χ0) is 19.1. The van der Waals surface area contributed by atoms with Crippen LogP contribution in [0, 0.1) is 0 Å². The highest BCUT2D eigenvalue weighted by Gasteiger charge is 2.33. The van der Waals surface area contributed by atoms with Crippen molar-refractivity contribution < 1.29 is 17.9 Å². The summed E-state index contributed by atoms with van der Waals surface area (Å²) in [6.45, 7) is 0. The van der Waals surface area contributed by atoms with E-state index in [9.17, 15) is 13.2 Å². The Bertz CT molecular complexity index is 952. The van der Waals surface area contributed by atoms with E-state index in [0.29, 0.717) is 10.6 Å². The molecule has 3 rings (SSSR count). The normalized spacial score (nSPS) is 11.7. The molecule has 0 amide bonds. The SMILES string of the molecule is FC(F)(F)Oc1c(Cl)cc(-n2nc(-c3ccccc3Cl)nc2Cl)cc1Cl. The zero-order valence-electron chi connectivity index (χ0n) is 12.4. The number of halogens is 7. The molecule has 0 N–H and O–H groups in total. The lowest BCUT2D eigenvalue weighted by Crippen LogP contribution is -2.17. The van der Waals surface area contributed by atoms with Gasteiger partial charge in [-0.05, 0) is 35.9 Å². The number of alkyl halides is 3. The molecule has 0 saturated heterocycles. The zero-order valence-corrected chi connectivity index (χ0v) is 15.4. The second-order valence-corrected chi connectivity index (χ2v) is 6.44. The topological polar surface area (TPSA) is 39.9 Å². The van der Waals surface area contributed by atoms with Crippen LogP contribution in [-0.2, 0) is 0 Å². The van der Waals surface area contributed by atoms with Crippen LogP contribution < -0.4 is 4.74 Å². The maximum Gasteiger partial charge on any atom is 0.573 e. The molecule has 3 aromatic rings. The number of aromatic nitrogens is 3. The van der Waals surface area contributed by atoms with Crippen LogP contribution in [0.2, 0.25) is 20.4 Å². The van der Waals surface area contributed by atoms with Gasteiger partial charge in [-0.1, -0.05) is 46.9 Å². The van der Waals surface area contributed by atoms with E-state index >= 15 is 0 Å². The Hall–Kier alpha value is -1.67. The third-order valence-electron chi connectivity index (χ3n) is 3.13. The summed E-state index contributed by atoms with van der Waals surface area (Å²) in [5, 5.41) is 3.83. The standard InChI is InChI=1S/C15H6Cl4F3N3O/c16-9-4-2-1-3-8(9)13-23-14(19)25(24-13)7-5-10(17)12(11(18)6-7)26-15(20,21)22/h1-6H. The molecule has 0 aliphatic heterocycles. The van der Waals surface area contributed by atoms with Crippen LogP contribution in [0.3, 0.4) is 0 Å². The molecule has 0 spiro atoms. The van der Waals surface area contributed by atoms with Crippen molar-refractivity contribution in [3.05, 3.63) is 56.7 Å². The van der Waals surface area contributed by atoms with Crippen molar-refractivity contribution in [1.82, 2.24) is 14.8 Å². The van der Waals surface area contributed by atoms with E-state index in [1.165, 1.54) is 12.1 Å². The molecule has 0 aliphatic rings. The minimum Gasteiger partial charge on any atom is -0.403 e. The van der Waals surface area contributed by atoms with Crippen molar-refractivity contribution in [1.29, 1.82) is 0 Å². The highest BCUT2D eigenvalue weighted by molar-refractivity contribution is 6.37. The van der Waals surface area contributed by atoms with Gasteiger partial charge in [-0.15, -0.1) is 18.3 Å². The average Bonchev–Trinajstić information content (AvgIpc) is 2.92. The van der Waals surface area contributed by atoms with Gasteiger partial charge in [-0.25, -0.2) is 4.68 Å². The summed E-state index contributed by atoms with van der Waals surface area (Å²) in [7, 11) is 0. The predicted octanol–water partition coefficient (Wildman–Crippen LogP) is 6.45. The number of hydrogen-bond acceptors (Lipinski definition) is 3. The first-order valence-electron chi connectivity index (χ1n) is 6.78. The first-order chi connectivity index (χ1) is 12.2. The van der Waals surface area contributed by atoms with E-state index in [2.05, 4.69) is 14.8 Å². The van der Waals surface area contributed by atoms with Crippen LogP contribution in [0.5, 0.6) is 5.75 Å². The van der Waals surface area contributed by atoms with Crippen molar-refractivity contribution in [2.24, 2.45) is 0 Å². The number of hydrogen-bond donors (Lipinski definition) is 0. The fraction of sp³-hybridized carbons (Fsp3) is 0.0667. The Morgan fingerprint density at radius 1 is 0.923 bits per heavy atom. The van der Waals surface area contributed by atoms with Gasteiger partial charge < -0.3 is 4.74 Å². The first-order valence-corrected chi connectivity index (χ1v) is 8.29. The lowest BCUT2D eigenvalue weighted by Gasteiger charge is -2.13. The van der Waals surface area contributed by atoms with Gasteiger partial charge >= 0.3 is 6.36 Å². The molecule has 1 aromatic heterocycles. The minimum absolute atomic E-state index is 0.0588. The summed E-state index contributed by atoms with van der Waals surface area (Å²) in [6, 6.07) is 9.17. The highest BCUT2D eigenvalue weighted by Crippen LogP contribution is 2.39. The molecule has 0 bridgehead atoms. The van der Waals surface area contributed by atoms with Crippen molar-refractivity contribution in [2.45, 2.75) is 6.36 Å². The molecule has 0 aliphatic carbocycles. The molecule has 4 nitrogen and oxygen atoms in total. The van der Waals surface area contributed by atoms with Gasteiger partial charge in [-0.2, -0.15) is 4.98 Å². The molecule has 0 radical (unpaired) electrons. The van der Waals surface area contributed by atoms with E-state index in [1.807, 2.05) is 0 Å². The quantitative estimate of drug-likeness (QED) is 0.468.